The van der Waals surface area contributed by atoms with Crippen LogP contribution in [-0.2, 0) is 9.13 Å². The summed E-state index contributed by atoms with van der Waals surface area (Å²) >= 11 is 0. The van der Waals surface area contributed by atoms with E-state index in [-0.39, 0.29) is 35.0 Å². The monoisotopic (exact) mass is 480 g/mol. The van der Waals surface area contributed by atoms with Crippen molar-refractivity contribution in [3.8, 4) is 5.75 Å². The zero-order valence-electron chi connectivity index (χ0n) is 15.9. The Morgan fingerprint density at radius 2 is 1.94 bits per heavy atom. The van der Waals surface area contributed by atoms with E-state index in [1.165, 1.54) is 4.57 Å². The quantitative estimate of drug-likeness (QED) is 0.312. The summed E-state index contributed by atoms with van der Waals surface area (Å²) < 4.78 is 44.6. The molecule has 0 radical (unpaired) electrons. The van der Waals surface area contributed by atoms with Crippen molar-refractivity contribution in [2.24, 2.45) is 0 Å². The van der Waals surface area contributed by atoms with Gasteiger partial charge in [-0.1, -0.05) is 0 Å². The van der Waals surface area contributed by atoms with Crippen LogP contribution in [0.3, 0.4) is 0 Å². The summed E-state index contributed by atoms with van der Waals surface area (Å²) in [6, 6.07) is 0.429. The molecule has 1 aliphatic rings. The summed E-state index contributed by atoms with van der Waals surface area (Å²) in [7, 11) is -10.3. The van der Waals surface area contributed by atoms with E-state index >= 15 is 0 Å². The molecule has 1 aromatic carbocycles. The smallest absolute Gasteiger partial charge is 0.341 e. The van der Waals surface area contributed by atoms with Crippen LogP contribution in [0.25, 0.3) is 10.9 Å². The highest BCUT2D eigenvalue weighted by atomic mass is 31.2. The lowest BCUT2D eigenvalue weighted by Crippen LogP contribution is -2.27. The van der Waals surface area contributed by atoms with Crippen LogP contribution in [0.1, 0.15) is 29.7 Å². The van der Waals surface area contributed by atoms with Gasteiger partial charge in [-0.2, -0.15) is 0 Å². The Labute approximate surface area is 173 Å². The minimum Gasteiger partial charge on any atom is -0.487 e. The largest absolute Gasteiger partial charge is 0.487 e. The van der Waals surface area contributed by atoms with Gasteiger partial charge in [-0.25, -0.2) is 9.18 Å². The van der Waals surface area contributed by atoms with Crippen molar-refractivity contribution in [1.29, 1.82) is 0 Å². The van der Waals surface area contributed by atoms with Gasteiger partial charge in [0.15, 0.2) is 17.0 Å². The Morgan fingerprint density at radius 3 is 2.48 bits per heavy atom. The Bertz CT molecular complexity index is 1200. The van der Waals surface area contributed by atoms with Gasteiger partial charge in [-0.3, -0.25) is 13.9 Å². The number of aromatic nitrogens is 1. The molecule has 31 heavy (non-hydrogen) atoms. The number of carboxylic acids is 1. The first-order valence-corrected chi connectivity index (χ1v) is 12.2. The molecule has 1 aromatic heterocycles. The Kier molecular flexibility index (Phi) is 6.05. The molecule has 1 aliphatic heterocycles. The second-order valence-electron chi connectivity index (χ2n) is 7.08. The van der Waals surface area contributed by atoms with Crippen molar-refractivity contribution >= 4 is 37.8 Å². The molecule has 6 N–H and O–H groups in total. The first-order chi connectivity index (χ1) is 14.2. The average Bonchev–Trinajstić information content (AvgIpc) is 2.62. The summed E-state index contributed by atoms with van der Waals surface area (Å²) in [5.41, 5.74) is -1.62. The summed E-state index contributed by atoms with van der Waals surface area (Å²) in [4.78, 5) is 60.6. The van der Waals surface area contributed by atoms with Gasteiger partial charge in [0.2, 0.25) is 5.43 Å². The molecule has 0 spiro atoms. The Hall–Kier alpha value is -2.27. The minimum atomic E-state index is -5.14. The van der Waals surface area contributed by atoms with Gasteiger partial charge in [0, 0.05) is 12.7 Å². The third-order valence-electron chi connectivity index (χ3n) is 4.88. The third-order valence-corrected chi connectivity index (χ3v) is 8.75. The second-order valence-corrected chi connectivity index (χ2v) is 11.1. The maximum atomic E-state index is 14.8. The number of benzene rings is 1. The van der Waals surface area contributed by atoms with Crippen molar-refractivity contribution in [2.75, 3.05) is 18.5 Å². The minimum absolute atomic E-state index is 0.00967. The summed E-state index contributed by atoms with van der Waals surface area (Å²) in [5.74, 6) is -2.60. The molecule has 0 saturated carbocycles. The normalized spacial score (nSPS) is 16.4. The fourth-order valence-corrected chi connectivity index (χ4v) is 5.90. The van der Waals surface area contributed by atoms with Crippen LogP contribution in [0, 0.1) is 5.82 Å². The van der Waals surface area contributed by atoms with Gasteiger partial charge in [-0.05, 0) is 19.4 Å². The van der Waals surface area contributed by atoms with Gasteiger partial charge in [0.1, 0.15) is 17.9 Å². The predicted molar refractivity (Wildman–Crippen MR) is 106 cm³/mol. The number of carboxylic acid groups (broad SMARTS) is 1. The van der Waals surface area contributed by atoms with Gasteiger partial charge in [0.05, 0.1) is 16.9 Å². The van der Waals surface area contributed by atoms with Crippen molar-refractivity contribution in [2.45, 2.75) is 24.8 Å². The standard InChI is InChI=1S/C16H19FN2O10P2/c1-7-6-29-15-12(18-3-2-11(30(23,24)25)31(26,27)28)10(17)4-8-13(15)19(7)5-9(14(8)20)16(21)22/h4-5,7,11,18H,2-3,6H2,1H3,(H,21,22)(H2,23,24,25)(H2,26,27,28). The second kappa shape index (κ2) is 8.01. The fraction of sp³-hybridized carbons (Fsp3) is 0.375. The highest BCUT2D eigenvalue weighted by molar-refractivity contribution is 7.70. The van der Waals surface area contributed by atoms with Crippen molar-refractivity contribution in [3.05, 3.63) is 33.9 Å². The van der Waals surface area contributed by atoms with Crippen LogP contribution in [0.15, 0.2) is 17.1 Å². The van der Waals surface area contributed by atoms with E-state index in [9.17, 15) is 47.8 Å². The molecule has 12 nitrogen and oxygen atoms in total. The topological polar surface area (TPSA) is 196 Å². The van der Waals surface area contributed by atoms with Crippen molar-refractivity contribution in [1.82, 2.24) is 4.57 Å². The lowest BCUT2D eigenvalue weighted by atomic mass is 10.1. The molecule has 0 saturated heterocycles. The van der Waals surface area contributed by atoms with Gasteiger partial charge in [-0.15, -0.1) is 0 Å². The highest BCUT2D eigenvalue weighted by Gasteiger charge is 2.42. The number of hydrogen-bond acceptors (Lipinski definition) is 6. The van der Waals surface area contributed by atoms with E-state index < -0.39 is 56.3 Å². The molecule has 170 valence electrons. The number of nitrogens with one attached hydrogen (secondary N) is 1. The lowest BCUT2D eigenvalue weighted by molar-refractivity contribution is 0.0694. The van der Waals surface area contributed by atoms with E-state index in [2.05, 4.69) is 5.32 Å². The lowest BCUT2D eigenvalue weighted by Gasteiger charge is -2.29. The molecule has 2 heterocycles. The zero-order valence-corrected chi connectivity index (χ0v) is 17.7. The highest BCUT2D eigenvalue weighted by Crippen LogP contribution is 2.61. The molecule has 0 amide bonds. The molecule has 1 atom stereocenters. The summed E-state index contributed by atoms with van der Waals surface area (Å²) in [6.45, 7) is 1.27. The molecule has 1 unspecified atom stereocenters. The van der Waals surface area contributed by atoms with Crippen LogP contribution in [0.5, 0.6) is 5.75 Å². The van der Waals surface area contributed by atoms with Crippen LogP contribution < -0.4 is 15.5 Å². The number of halogens is 1. The SMILES string of the molecule is CC1COc2c(NCCC(P(=O)(O)O)P(=O)(O)O)c(F)cc3c(=O)c(C(=O)O)cn1c23. The molecular weight excluding hydrogens is 461 g/mol. The molecule has 3 rings (SSSR count). The molecular formula is C16H19FN2O10P2. The summed E-state index contributed by atoms with van der Waals surface area (Å²) in [5, 5.41) is 9.28. The first-order valence-electron chi connectivity index (χ1n) is 8.85. The van der Waals surface area contributed by atoms with Gasteiger partial charge < -0.3 is 39.3 Å². The molecule has 2 aromatic rings. The van der Waals surface area contributed by atoms with Crippen molar-refractivity contribution in [3.63, 3.8) is 0 Å². The number of carbonyl (C=O) groups is 1. The molecule has 0 bridgehead atoms. The average molecular weight is 480 g/mol. The van der Waals surface area contributed by atoms with Crippen LogP contribution in [0.4, 0.5) is 10.1 Å². The number of pyridine rings is 1. The fourth-order valence-electron chi connectivity index (χ4n) is 3.40. The number of hydrogen-bond donors (Lipinski definition) is 6. The van der Waals surface area contributed by atoms with Crippen LogP contribution in [-0.4, -0.2) is 53.8 Å². The zero-order chi connectivity index (χ0) is 23.3. The van der Waals surface area contributed by atoms with E-state index in [1.807, 2.05) is 0 Å². The Morgan fingerprint density at radius 1 is 1.32 bits per heavy atom. The maximum Gasteiger partial charge on any atom is 0.341 e. The number of nitrogens with zero attached hydrogens (tertiary/aromatic N) is 1. The maximum absolute atomic E-state index is 14.8. The molecule has 15 heteroatoms. The Balaban J connectivity index is 2.06. The predicted octanol–water partition coefficient (Wildman–Crippen LogP) is 1.28. The van der Waals surface area contributed by atoms with Crippen molar-refractivity contribution < 1.29 is 47.7 Å². The van der Waals surface area contributed by atoms with Crippen LogP contribution in [0.2, 0.25) is 0 Å². The van der Waals surface area contributed by atoms with E-state index in [0.717, 1.165) is 12.3 Å². The molecule has 0 aliphatic carbocycles. The number of anilines is 1. The first kappa shape index (κ1) is 23.4. The van der Waals surface area contributed by atoms with E-state index in [1.54, 1.807) is 6.92 Å². The van der Waals surface area contributed by atoms with E-state index in [4.69, 9.17) is 4.74 Å². The third kappa shape index (κ3) is 4.38. The van der Waals surface area contributed by atoms with Crippen LogP contribution >= 0.6 is 15.2 Å². The molecule has 0 fully saturated rings. The van der Waals surface area contributed by atoms with Gasteiger partial charge in [0.25, 0.3) is 0 Å². The van der Waals surface area contributed by atoms with Gasteiger partial charge >= 0.3 is 21.2 Å². The summed E-state index contributed by atoms with van der Waals surface area (Å²) in [6.07, 6.45) is 0.440. The van der Waals surface area contributed by atoms with E-state index in [0.29, 0.717) is 0 Å². The number of aromatic carboxylic acids is 1. The number of ether oxygens (including phenoxy) is 1. The number of rotatable bonds is 7.